The molecule has 2 saturated heterocycles. The van der Waals surface area contributed by atoms with Gasteiger partial charge in [0.1, 0.15) is 11.4 Å². The molecule has 1 amide bonds. The fourth-order valence-corrected chi connectivity index (χ4v) is 4.28. The molecule has 0 radical (unpaired) electrons. The molecule has 2 aromatic rings. The lowest BCUT2D eigenvalue weighted by atomic mass is 9.85. The number of aromatic amines is 1. The van der Waals surface area contributed by atoms with Crippen LogP contribution in [-0.2, 0) is 17.9 Å². The molecule has 1 aromatic heterocycles. The molecule has 126 valence electrons. The van der Waals surface area contributed by atoms with Crippen molar-refractivity contribution in [2.24, 2.45) is 0 Å². The van der Waals surface area contributed by atoms with Crippen LogP contribution in [0.3, 0.4) is 0 Å². The third kappa shape index (κ3) is 2.73. The maximum Gasteiger partial charge on any atom is 0.243 e. The molecule has 2 aliphatic rings. The van der Waals surface area contributed by atoms with Crippen LogP contribution in [0, 0.1) is 0 Å². The minimum atomic E-state index is -0.320. The van der Waals surface area contributed by atoms with Crippen LogP contribution in [0.2, 0.25) is 0 Å². The zero-order valence-electron chi connectivity index (χ0n) is 13.9. The van der Waals surface area contributed by atoms with E-state index in [0.29, 0.717) is 5.91 Å². The van der Waals surface area contributed by atoms with Crippen LogP contribution >= 0.6 is 0 Å². The molecule has 1 aromatic carbocycles. The number of hydrogen-bond acceptors (Lipinski definition) is 3. The first kappa shape index (κ1) is 15.4. The standard InChI is InChI=1S/C19H24N4O/c24-18-19(9-5-13-23(19)15-17-20-10-11-21-17)8-4-12-22(18)14-16-6-2-1-3-7-16/h1-3,6-7,10-11H,4-5,8-9,12-15H2,(H,20,21). The number of rotatable bonds is 4. The van der Waals surface area contributed by atoms with Gasteiger partial charge in [0.25, 0.3) is 0 Å². The van der Waals surface area contributed by atoms with Crippen molar-refractivity contribution in [3.63, 3.8) is 0 Å². The van der Waals surface area contributed by atoms with E-state index in [2.05, 4.69) is 31.9 Å². The Kier molecular flexibility index (Phi) is 4.10. The van der Waals surface area contributed by atoms with Crippen LogP contribution in [0.1, 0.15) is 37.1 Å². The van der Waals surface area contributed by atoms with E-state index in [1.54, 1.807) is 6.20 Å². The predicted molar refractivity (Wildman–Crippen MR) is 92.1 cm³/mol. The van der Waals surface area contributed by atoms with Gasteiger partial charge in [-0.05, 0) is 37.8 Å². The average Bonchev–Trinajstić information content (AvgIpc) is 3.25. The van der Waals surface area contributed by atoms with E-state index in [-0.39, 0.29) is 5.54 Å². The number of H-pyrrole nitrogens is 1. The van der Waals surface area contributed by atoms with E-state index in [0.717, 1.165) is 57.7 Å². The number of likely N-dealkylation sites (tertiary alicyclic amines) is 2. The normalized spacial score (nSPS) is 24.8. The number of carbonyl (C=O) groups excluding carboxylic acids is 1. The first-order chi connectivity index (χ1) is 11.8. The second-order valence-electron chi connectivity index (χ2n) is 6.91. The van der Waals surface area contributed by atoms with Gasteiger partial charge in [0.2, 0.25) is 5.91 Å². The van der Waals surface area contributed by atoms with Gasteiger partial charge < -0.3 is 9.88 Å². The summed E-state index contributed by atoms with van der Waals surface area (Å²) >= 11 is 0. The molecule has 24 heavy (non-hydrogen) atoms. The minimum Gasteiger partial charge on any atom is -0.348 e. The number of hydrogen-bond donors (Lipinski definition) is 1. The number of piperidine rings is 1. The van der Waals surface area contributed by atoms with Gasteiger partial charge in [0, 0.05) is 25.5 Å². The van der Waals surface area contributed by atoms with Gasteiger partial charge >= 0.3 is 0 Å². The van der Waals surface area contributed by atoms with Crippen molar-refractivity contribution in [3.8, 4) is 0 Å². The lowest BCUT2D eigenvalue weighted by Crippen LogP contribution is -2.59. The summed E-state index contributed by atoms with van der Waals surface area (Å²) in [5.74, 6) is 1.26. The smallest absolute Gasteiger partial charge is 0.243 e. The fourth-order valence-electron chi connectivity index (χ4n) is 4.28. The number of aromatic nitrogens is 2. The number of imidazole rings is 1. The Morgan fingerprint density at radius 3 is 2.62 bits per heavy atom. The number of amides is 1. The van der Waals surface area contributed by atoms with Crippen molar-refractivity contribution in [2.45, 2.75) is 44.3 Å². The Balaban J connectivity index is 1.54. The summed E-state index contributed by atoms with van der Waals surface area (Å²) in [5, 5.41) is 0. The summed E-state index contributed by atoms with van der Waals surface area (Å²) < 4.78 is 0. The molecule has 1 atom stereocenters. The average molecular weight is 324 g/mol. The van der Waals surface area contributed by atoms with Gasteiger partial charge in [-0.2, -0.15) is 0 Å². The summed E-state index contributed by atoms with van der Waals surface area (Å²) in [6, 6.07) is 10.3. The first-order valence-corrected chi connectivity index (χ1v) is 8.84. The molecule has 4 rings (SSSR count). The van der Waals surface area contributed by atoms with Gasteiger partial charge in [-0.3, -0.25) is 9.69 Å². The zero-order chi connectivity index (χ0) is 16.4. The van der Waals surface area contributed by atoms with Crippen LogP contribution in [-0.4, -0.2) is 44.3 Å². The maximum absolute atomic E-state index is 13.3. The number of carbonyl (C=O) groups is 1. The van der Waals surface area contributed by atoms with Crippen molar-refractivity contribution in [3.05, 3.63) is 54.1 Å². The molecule has 2 aliphatic heterocycles. The molecule has 1 spiro atoms. The summed E-state index contributed by atoms with van der Waals surface area (Å²) in [6.07, 6.45) is 7.74. The highest BCUT2D eigenvalue weighted by Crippen LogP contribution is 2.39. The van der Waals surface area contributed by atoms with Crippen molar-refractivity contribution >= 4 is 5.91 Å². The first-order valence-electron chi connectivity index (χ1n) is 8.84. The third-order valence-corrected chi connectivity index (χ3v) is 5.44. The molecular weight excluding hydrogens is 300 g/mol. The molecule has 0 aliphatic carbocycles. The highest BCUT2D eigenvalue weighted by atomic mass is 16.2. The van der Waals surface area contributed by atoms with Crippen LogP contribution in [0.5, 0.6) is 0 Å². The van der Waals surface area contributed by atoms with E-state index in [1.807, 2.05) is 24.4 Å². The van der Waals surface area contributed by atoms with Gasteiger partial charge in [0.15, 0.2) is 0 Å². The highest BCUT2D eigenvalue weighted by molar-refractivity contribution is 5.87. The monoisotopic (exact) mass is 324 g/mol. The highest BCUT2D eigenvalue weighted by Gasteiger charge is 2.50. The van der Waals surface area contributed by atoms with Gasteiger partial charge in [-0.15, -0.1) is 0 Å². The Morgan fingerprint density at radius 1 is 1.08 bits per heavy atom. The quantitative estimate of drug-likeness (QED) is 0.940. The Labute approximate surface area is 142 Å². The van der Waals surface area contributed by atoms with Crippen molar-refractivity contribution in [1.82, 2.24) is 19.8 Å². The van der Waals surface area contributed by atoms with E-state index >= 15 is 0 Å². The summed E-state index contributed by atoms with van der Waals surface area (Å²) in [5.41, 5.74) is 0.887. The molecule has 1 N–H and O–H groups in total. The number of nitrogens with zero attached hydrogens (tertiary/aromatic N) is 3. The Morgan fingerprint density at radius 2 is 1.88 bits per heavy atom. The van der Waals surface area contributed by atoms with Crippen molar-refractivity contribution in [1.29, 1.82) is 0 Å². The molecule has 0 saturated carbocycles. The van der Waals surface area contributed by atoms with E-state index in [9.17, 15) is 4.79 Å². The second-order valence-corrected chi connectivity index (χ2v) is 6.91. The van der Waals surface area contributed by atoms with Crippen molar-refractivity contribution < 1.29 is 4.79 Å². The number of benzene rings is 1. The van der Waals surface area contributed by atoms with E-state index in [4.69, 9.17) is 0 Å². The number of nitrogens with one attached hydrogen (secondary N) is 1. The maximum atomic E-state index is 13.3. The van der Waals surface area contributed by atoms with Crippen LogP contribution in [0.15, 0.2) is 42.7 Å². The fraction of sp³-hybridized carbons (Fsp3) is 0.474. The minimum absolute atomic E-state index is 0.307. The summed E-state index contributed by atoms with van der Waals surface area (Å²) in [4.78, 5) is 25.3. The SMILES string of the molecule is O=C1N(Cc2ccccc2)CCCC12CCCN2Cc1ncc[nH]1. The van der Waals surface area contributed by atoms with Crippen LogP contribution < -0.4 is 0 Å². The topological polar surface area (TPSA) is 52.2 Å². The third-order valence-electron chi connectivity index (χ3n) is 5.44. The molecule has 5 nitrogen and oxygen atoms in total. The largest absolute Gasteiger partial charge is 0.348 e. The lowest BCUT2D eigenvalue weighted by Gasteiger charge is -2.44. The molecule has 1 unspecified atom stereocenters. The Hall–Kier alpha value is -2.14. The summed E-state index contributed by atoms with van der Waals surface area (Å²) in [7, 11) is 0. The zero-order valence-corrected chi connectivity index (χ0v) is 13.9. The van der Waals surface area contributed by atoms with Gasteiger partial charge in [0.05, 0.1) is 6.54 Å². The van der Waals surface area contributed by atoms with Crippen LogP contribution in [0.4, 0.5) is 0 Å². The molecule has 5 heteroatoms. The van der Waals surface area contributed by atoms with E-state index in [1.165, 1.54) is 5.56 Å². The van der Waals surface area contributed by atoms with E-state index < -0.39 is 0 Å². The molecule has 0 bridgehead atoms. The molecular formula is C19H24N4O. The van der Waals surface area contributed by atoms with Crippen LogP contribution in [0.25, 0.3) is 0 Å². The molecule has 2 fully saturated rings. The van der Waals surface area contributed by atoms with Crippen molar-refractivity contribution in [2.75, 3.05) is 13.1 Å². The van der Waals surface area contributed by atoms with Gasteiger partial charge in [-0.25, -0.2) is 4.98 Å². The van der Waals surface area contributed by atoms with Gasteiger partial charge in [-0.1, -0.05) is 30.3 Å². The predicted octanol–water partition coefficient (Wildman–Crippen LogP) is 2.57. The second kappa shape index (κ2) is 6.40. The Bertz CT molecular complexity index is 685. The summed E-state index contributed by atoms with van der Waals surface area (Å²) in [6.45, 7) is 3.30. The lowest BCUT2D eigenvalue weighted by molar-refractivity contribution is -0.148. The molecule has 3 heterocycles.